The number of piperazine rings is 1. The fraction of sp³-hybridized carbons (Fsp3) is 1.00. The highest BCUT2D eigenvalue weighted by Crippen LogP contribution is 2.16. The zero-order valence-corrected chi connectivity index (χ0v) is 11.6. The van der Waals surface area contributed by atoms with Gasteiger partial charge in [0.15, 0.2) is 0 Å². The van der Waals surface area contributed by atoms with E-state index in [0.29, 0.717) is 0 Å². The van der Waals surface area contributed by atoms with E-state index in [2.05, 4.69) is 37.9 Å². The SMILES string of the molecule is CCCC(C)CN1CC(CC)NCC1CC. The maximum absolute atomic E-state index is 3.66. The van der Waals surface area contributed by atoms with Gasteiger partial charge in [-0.05, 0) is 25.2 Å². The first-order chi connectivity index (χ1) is 7.71. The van der Waals surface area contributed by atoms with Gasteiger partial charge in [-0.3, -0.25) is 4.90 Å². The van der Waals surface area contributed by atoms with E-state index in [1.807, 2.05) is 0 Å². The van der Waals surface area contributed by atoms with Crippen molar-refractivity contribution in [3.05, 3.63) is 0 Å². The predicted molar refractivity (Wildman–Crippen MR) is 71.8 cm³/mol. The van der Waals surface area contributed by atoms with Crippen LogP contribution in [0.15, 0.2) is 0 Å². The highest BCUT2D eigenvalue weighted by atomic mass is 15.2. The van der Waals surface area contributed by atoms with Crippen LogP contribution in [0.25, 0.3) is 0 Å². The van der Waals surface area contributed by atoms with Crippen LogP contribution in [0.2, 0.25) is 0 Å². The Morgan fingerprint density at radius 1 is 1.25 bits per heavy atom. The van der Waals surface area contributed by atoms with Crippen molar-refractivity contribution in [2.45, 2.75) is 65.5 Å². The maximum atomic E-state index is 3.66. The fourth-order valence-electron chi connectivity index (χ4n) is 2.81. The Balaban J connectivity index is 2.44. The quantitative estimate of drug-likeness (QED) is 0.749. The van der Waals surface area contributed by atoms with Crippen LogP contribution >= 0.6 is 0 Å². The molecule has 3 atom stereocenters. The van der Waals surface area contributed by atoms with Gasteiger partial charge in [-0.15, -0.1) is 0 Å². The molecule has 1 saturated heterocycles. The first kappa shape index (κ1) is 14.0. The molecule has 0 aromatic heterocycles. The summed E-state index contributed by atoms with van der Waals surface area (Å²) < 4.78 is 0. The Hall–Kier alpha value is -0.0800. The summed E-state index contributed by atoms with van der Waals surface area (Å²) >= 11 is 0. The molecule has 0 aliphatic carbocycles. The van der Waals surface area contributed by atoms with Crippen molar-refractivity contribution < 1.29 is 0 Å². The lowest BCUT2D eigenvalue weighted by atomic mass is 10.0. The summed E-state index contributed by atoms with van der Waals surface area (Å²) in [5, 5.41) is 3.66. The number of hydrogen-bond acceptors (Lipinski definition) is 2. The van der Waals surface area contributed by atoms with Gasteiger partial charge in [-0.2, -0.15) is 0 Å². The number of rotatable bonds is 6. The largest absolute Gasteiger partial charge is 0.311 e. The summed E-state index contributed by atoms with van der Waals surface area (Å²) in [6.07, 6.45) is 5.23. The van der Waals surface area contributed by atoms with Gasteiger partial charge in [-0.1, -0.05) is 34.1 Å². The molecule has 16 heavy (non-hydrogen) atoms. The van der Waals surface area contributed by atoms with Crippen LogP contribution in [0, 0.1) is 5.92 Å². The topological polar surface area (TPSA) is 15.3 Å². The van der Waals surface area contributed by atoms with Gasteiger partial charge in [0.2, 0.25) is 0 Å². The van der Waals surface area contributed by atoms with Gasteiger partial charge in [0.05, 0.1) is 0 Å². The van der Waals surface area contributed by atoms with Crippen LogP contribution in [0.3, 0.4) is 0 Å². The second kappa shape index (κ2) is 7.29. The Bertz CT molecular complexity index is 182. The normalized spacial score (nSPS) is 29.2. The first-order valence-electron chi connectivity index (χ1n) is 7.18. The average Bonchev–Trinajstić information content (AvgIpc) is 2.29. The smallest absolute Gasteiger partial charge is 0.0218 e. The van der Waals surface area contributed by atoms with Crippen LogP contribution in [-0.4, -0.2) is 36.6 Å². The number of nitrogens with zero attached hydrogens (tertiary/aromatic N) is 1. The van der Waals surface area contributed by atoms with E-state index in [9.17, 15) is 0 Å². The monoisotopic (exact) mass is 226 g/mol. The van der Waals surface area contributed by atoms with Gasteiger partial charge in [-0.25, -0.2) is 0 Å². The highest BCUT2D eigenvalue weighted by Gasteiger charge is 2.26. The molecule has 0 amide bonds. The molecule has 3 unspecified atom stereocenters. The Morgan fingerprint density at radius 2 is 2.00 bits per heavy atom. The van der Waals surface area contributed by atoms with Gasteiger partial charge < -0.3 is 5.32 Å². The Labute approximate surface area is 102 Å². The minimum atomic E-state index is 0.719. The molecule has 96 valence electrons. The minimum absolute atomic E-state index is 0.719. The maximum Gasteiger partial charge on any atom is 0.0218 e. The van der Waals surface area contributed by atoms with Crippen LogP contribution in [-0.2, 0) is 0 Å². The Morgan fingerprint density at radius 3 is 2.56 bits per heavy atom. The third-order valence-corrected chi connectivity index (χ3v) is 3.91. The van der Waals surface area contributed by atoms with E-state index in [0.717, 1.165) is 18.0 Å². The molecule has 1 aliphatic heterocycles. The molecule has 0 bridgehead atoms. The van der Waals surface area contributed by atoms with E-state index in [1.165, 1.54) is 45.3 Å². The summed E-state index contributed by atoms with van der Waals surface area (Å²) in [7, 11) is 0. The summed E-state index contributed by atoms with van der Waals surface area (Å²) in [5.41, 5.74) is 0. The molecular formula is C14H30N2. The molecule has 1 aliphatic rings. The summed E-state index contributed by atoms with van der Waals surface area (Å²) in [4.78, 5) is 2.73. The van der Waals surface area contributed by atoms with E-state index >= 15 is 0 Å². The molecule has 2 nitrogen and oxygen atoms in total. The molecule has 0 aromatic rings. The lowest BCUT2D eigenvalue weighted by molar-refractivity contribution is 0.106. The van der Waals surface area contributed by atoms with Crippen molar-refractivity contribution >= 4 is 0 Å². The van der Waals surface area contributed by atoms with Crippen molar-refractivity contribution in [2.24, 2.45) is 5.92 Å². The van der Waals surface area contributed by atoms with Crippen molar-refractivity contribution in [2.75, 3.05) is 19.6 Å². The van der Waals surface area contributed by atoms with Gasteiger partial charge >= 0.3 is 0 Å². The lowest BCUT2D eigenvalue weighted by Gasteiger charge is -2.41. The third-order valence-electron chi connectivity index (χ3n) is 3.91. The van der Waals surface area contributed by atoms with Gasteiger partial charge in [0.25, 0.3) is 0 Å². The zero-order valence-electron chi connectivity index (χ0n) is 11.6. The van der Waals surface area contributed by atoms with Crippen molar-refractivity contribution in [3.8, 4) is 0 Å². The van der Waals surface area contributed by atoms with E-state index < -0.39 is 0 Å². The molecule has 1 rings (SSSR count). The van der Waals surface area contributed by atoms with Crippen LogP contribution in [0.5, 0.6) is 0 Å². The number of nitrogens with one attached hydrogen (secondary N) is 1. The molecule has 0 saturated carbocycles. The van der Waals surface area contributed by atoms with Crippen LogP contribution < -0.4 is 5.32 Å². The molecule has 1 fully saturated rings. The molecule has 0 aromatic carbocycles. The van der Waals surface area contributed by atoms with Crippen molar-refractivity contribution in [3.63, 3.8) is 0 Å². The fourth-order valence-corrected chi connectivity index (χ4v) is 2.81. The summed E-state index contributed by atoms with van der Waals surface area (Å²) in [5.74, 6) is 0.856. The van der Waals surface area contributed by atoms with E-state index in [4.69, 9.17) is 0 Å². The van der Waals surface area contributed by atoms with Crippen LogP contribution in [0.4, 0.5) is 0 Å². The molecule has 2 heteroatoms. The molecule has 0 radical (unpaired) electrons. The molecular weight excluding hydrogens is 196 g/mol. The molecule has 1 N–H and O–H groups in total. The van der Waals surface area contributed by atoms with Crippen molar-refractivity contribution in [1.29, 1.82) is 0 Å². The third kappa shape index (κ3) is 4.06. The van der Waals surface area contributed by atoms with E-state index in [-0.39, 0.29) is 0 Å². The Kier molecular flexibility index (Phi) is 6.37. The molecule has 1 heterocycles. The first-order valence-corrected chi connectivity index (χ1v) is 7.18. The second-order valence-corrected chi connectivity index (χ2v) is 5.42. The van der Waals surface area contributed by atoms with Gasteiger partial charge in [0.1, 0.15) is 0 Å². The zero-order chi connectivity index (χ0) is 12.0. The highest BCUT2D eigenvalue weighted by molar-refractivity contribution is 4.85. The van der Waals surface area contributed by atoms with Gasteiger partial charge in [0, 0.05) is 31.7 Å². The van der Waals surface area contributed by atoms with Crippen molar-refractivity contribution in [1.82, 2.24) is 10.2 Å². The lowest BCUT2D eigenvalue weighted by Crippen LogP contribution is -2.56. The average molecular weight is 226 g/mol. The predicted octanol–water partition coefficient (Wildman–Crippen LogP) is 2.89. The summed E-state index contributed by atoms with van der Waals surface area (Å²) in [6, 6.07) is 1.48. The standard InChI is InChI=1S/C14H30N2/c1-5-8-12(4)10-16-11-13(6-2)15-9-14(16)7-3/h12-15H,5-11H2,1-4H3. The minimum Gasteiger partial charge on any atom is -0.311 e. The number of hydrogen-bond donors (Lipinski definition) is 1. The van der Waals surface area contributed by atoms with E-state index in [1.54, 1.807) is 0 Å². The second-order valence-electron chi connectivity index (χ2n) is 5.42. The van der Waals surface area contributed by atoms with Crippen LogP contribution in [0.1, 0.15) is 53.4 Å². The summed E-state index contributed by atoms with van der Waals surface area (Å²) in [6.45, 7) is 13.0. The molecule has 0 spiro atoms.